The number of hydrogen-bond donors (Lipinski definition) is 11. The first kappa shape index (κ1) is 31.4. The number of rotatable bonds is 10. The van der Waals surface area contributed by atoms with Crippen LogP contribution in [0.1, 0.15) is 25.7 Å². The standard InChI is InChI=1S/C22H46N8O8/c23-4-3-12(32)20(34)30-11-5-10(26)18(37-21-9(25)2-1-8(6-24)35-21)16(29)19(11)38-22-15(28)14(27)17(33)13(7-31)36-22/h8-19,21-22,31-33H,1-7,23-29H2,(H,30,34). The second kappa shape index (κ2) is 14.0. The van der Waals surface area contributed by atoms with Gasteiger partial charge in [-0.1, -0.05) is 0 Å². The number of nitrogens with two attached hydrogens (primary N) is 7. The van der Waals surface area contributed by atoms with Crippen molar-refractivity contribution < 1.29 is 39.1 Å². The molecule has 1 saturated carbocycles. The summed E-state index contributed by atoms with van der Waals surface area (Å²) in [6.07, 6.45) is -6.13. The molecule has 2 saturated heterocycles. The smallest absolute Gasteiger partial charge is 0.249 e. The van der Waals surface area contributed by atoms with Crippen molar-refractivity contribution in [1.82, 2.24) is 5.32 Å². The fourth-order valence-electron chi connectivity index (χ4n) is 5.15. The summed E-state index contributed by atoms with van der Waals surface area (Å²) in [4.78, 5) is 12.6. The van der Waals surface area contributed by atoms with Gasteiger partial charge in [0.25, 0.3) is 0 Å². The molecule has 0 aromatic rings. The van der Waals surface area contributed by atoms with Crippen LogP contribution >= 0.6 is 0 Å². The summed E-state index contributed by atoms with van der Waals surface area (Å²) < 4.78 is 23.9. The van der Waals surface area contributed by atoms with Crippen LogP contribution in [0.5, 0.6) is 0 Å². The van der Waals surface area contributed by atoms with E-state index in [-0.39, 0.29) is 25.5 Å². The maximum absolute atomic E-state index is 12.6. The second-order valence-corrected chi connectivity index (χ2v) is 10.4. The fourth-order valence-corrected chi connectivity index (χ4v) is 5.15. The maximum Gasteiger partial charge on any atom is 0.249 e. The zero-order valence-electron chi connectivity index (χ0n) is 21.5. The largest absolute Gasteiger partial charge is 0.394 e. The van der Waals surface area contributed by atoms with E-state index in [1.54, 1.807) is 0 Å². The number of hydrogen-bond acceptors (Lipinski definition) is 15. The highest BCUT2D eigenvalue weighted by atomic mass is 16.7. The molecule has 3 rings (SSSR count). The molecule has 14 unspecified atom stereocenters. The number of carbonyl (C=O) groups excluding carboxylic acids is 1. The normalized spacial score (nSPS) is 44.9. The van der Waals surface area contributed by atoms with Crippen molar-refractivity contribution in [2.45, 2.75) is 111 Å². The first-order valence-corrected chi connectivity index (χ1v) is 13.1. The van der Waals surface area contributed by atoms with Crippen molar-refractivity contribution >= 4 is 5.91 Å². The van der Waals surface area contributed by atoms with E-state index >= 15 is 0 Å². The minimum atomic E-state index is -1.35. The van der Waals surface area contributed by atoms with Crippen molar-refractivity contribution in [2.75, 3.05) is 19.7 Å². The average molecular weight is 551 g/mol. The summed E-state index contributed by atoms with van der Waals surface area (Å²) >= 11 is 0. The molecule has 16 nitrogen and oxygen atoms in total. The van der Waals surface area contributed by atoms with E-state index in [2.05, 4.69) is 5.32 Å². The van der Waals surface area contributed by atoms with Gasteiger partial charge in [-0.2, -0.15) is 0 Å². The van der Waals surface area contributed by atoms with Crippen molar-refractivity contribution in [3.05, 3.63) is 0 Å². The van der Waals surface area contributed by atoms with Gasteiger partial charge >= 0.3 is 0 Å². The van der Waals surface area contributed by atoms with Crippen LogP contribution in [-0.4, -0.2) is 126 Å². The van der Waals surface area contributed by atoms with Gasteiger partial charge in [0.2, 0.25) is 5.91 Å². The molecule has 0 aromatic carbocycles. The molecule has 0 aromatic heterocycles. The van der Waals surface area contributed by atoms with Crippen molar-refractivity contribution in [3.63, 3.8) is 0 Å². The van der Waals surface area contributed by atoms with Gasteiger partial charge in [0.15, 0.2) is 12.6 Å². The molecule has 1 amide bonds. The summed E-state index contributed by atoms with van der Waals surface area (Å²) in [6, 6.07) is -4.80. The van der Waals surface area contributed by atoms with E-state index in [0.717, 1.165) is 0 Å². The number of aliphatic hydroxyl groups is 3. The lowest BCUT2D eigenvalue weighted by Gasteiger charge is -2.49. The zero-order valence-corrected chi connectivity index (χ0v) is 21.5. The van der Waals surface area contributed by atoms with Gasteiger partial charge in [0, 0.05) is 12.6 Å². The van der Waals surface area contributed by atoms with Crippen LogP contribution in [0.25, 0.3) is 0 Å². The third-order valence-corrected chi connectivity index (χ3v) is 7.54. The molecule has 0 spiro atoms. The van der Waals surface area contributed by atoms with E-state index in [1.807, 2.05) is 0 Å². The Labute approximate surface area is 221 Å². The zero-order chi connectivity index (χ0) is 28.1. The number of nitrogens with one attached hydrogen (secondary N) is 1. The Morgan fingerprint density at radius 1 is 0.947 bits per heavy atom. The molecule has 3 fully saturated rings. The predicted molar refractivity (Wildman–Crippen MR) is 135 cm³/mol. The Hall–Kier alpha value is -1.09. The van der Waals surface area contributed by atoms with Crippen LogP contribution in [0.3, 0.4) is 0 Å². The lowest BCUT2D eigenvalue weighted by molar-refractivity contribution is -0.278. The maximum atomic E-state index is 12.6. The van der Waals surface area contributed by atoms with Crippen molar-refractivity contribution in [1.29, 1.82) is 0 Å². The predicted octanol–water partition coefficient (Wildman–Crippen LogP) is -6.47. The molecule has 1 aliphatic carbocycles. The Kier molecular flexibility index (Phi) is 11.6. The summed E-state index contributed by atoms with van der Waals surface area (Å²) in [6.45, 7) is -0.123. The van der Waals surface area contributed by atoms with Gasteiger partial charge in [-0.3, -0.25) is 4.79 Å². The molecular weight excluding hydrogens is 504 g/mol. The van der Waals surface area contributed by atoms with Crippen LogP contribution < -0.4 is 45.5 Å². The Morgan fingerprint density at radius 3 is 2.26 bits per heavy atom. The molecule has 222 valence electrons. The molecule has 2 heterocycles. The van der Waals surface area contributed by atoms with Gasteiger partial charge < -0.3 is 79.7 Å². The van der Waals surface area contributed by atoms with Crippen LogP contribution in [-0.2, 0) is 23.7 Å². The highest BCUT2D eigenvalue weighted by Crippen LogP contribution is 2.30. The Bertz CT molecular complexity index is 756. The van der Waals surface area contributed by atoms with E-state index < -0.39 is 91.9 Å². The number of amides is 1. The lowest BCUT2D eigenvalue weighted by atomic mass is 9.82. The molecule has 18 N–H and O–H groups in total. The first-order chi connectivity index (χ1) is 18.0. The van der Waals surface area contributed by atoms with Crippen LogP contribution in [0.15, 0.2) is 0 Å². The van der Waals surface area contributed by atoms with Crippen LogP contribution in [0, 0.1) is 0 Å². The van der Waals surface area contributed by atoms with Gasteiger partial charge in [-0.15, -0.1) is 0 Å². The summed E-state index contributed by atoms with van der Waals surface area (Å²) in [5, 5.41) is 32.7. The van der Waals surface area contributed by atoms with Gasteiger partial charge in [-0.25, -0.2) is 0 Å². The van der Waals surface area contributed by atoms with E-state index in [4.69, 9.17) is 59.1 Å². The summed E-state index contributed by atoms with van der Waals surface area (Å²) in [7, 11) is 0. The van der Waals surface area contributed by atoms with Crippen molar-refractivity contribution in [2.24, 2.45) is 40.1 Å². The van der Waals surface area contributed by atoms with E-state index in [1.165, 1.54) is 0 Å². The third kappa shape index (κ3) is 7.15. The van der Waals surface area contributed by atoms with Crippen LogP contribution in [0.4, 0.5) is 0 Å². The molecule has 16 heteroatoms. The van der Waals surface area contributed by atoms with E-state index in [0.29, 0.717) is 19.4 Å². The number of carbonyl (C=O) groups is 1. The fraction of sp³-hybridized carbons (Fsp3) is 0.955. The molecule has 0 radical (unpaired) electrons. The minimum absolute atomic E-state index is 0.0503. The summed E-state index contributed by atoms with van der Waals surface area (Å²) in [5.41, 5.74) is 42.8. The minimum Gasteiger partial charge on any atom is -0.394 e. The average Bonchev–Trinajstić information content (AvgIpc) is 2.89. The van der Waals surface area contributed by atoms with Gasteiger partial charge in [0.1, 0.15) is 12.2 Å². The monoisotopic (exact) mass is 550 g/mol. The van der Waals surface area contributed by atoms with Gasteiger partial charge in [-0.05, 0) is 32.2 Å². The highest BCUT2D eigenvalue weighted by molar-refractivity contribution is 5.80. The Balaban J connectivity index is 1.82. The molecule has 3 aliphatic rings. The van der Waals surface area contributed by atoms with Crippen molar-refractivity contribution in [3.8, 4) is 0 Å². The third-order valence-electron chi connectivity index (χ3n) is 7.54. The van der Waals surface area contributed by atoms with Gasteiger partial charge in [0.05, 0.1) is 61.2 Å². The number of aliphatic hydroxyl groups excluding tert-OH is 3. The quantitative estimate of drug-likeness (QED) is 0.120. The summed E-state index contributed by atoms with van der Waals surface area (Å²) in [5.74, 6) is -0.675. The first-order valence-electron chi connectivity index (χ1n) is 13.1. The molecule has 0 bridgehead atoms. The number of ether oxygens (including phenoxy) is 4. The SMILES string of the molecule is NCCC(O)C(=O)NC1CC(N)C(OC2OC(CN)CCC2N)C(N)C1OC1OC(CO)C(O)C(N)C1N. The Morgan fingerprint density at radius 2 is 1.63 bits per heavy atom. The lowest BCUT2D eigenvalue weighted by Crippen LogP contribution is -2.71. The topological polar surface area (TPSA) is 309 Å². The molecule has 38 heavy (non-hydrogen) atoms. The molecular formula is C22H46N8O8. The van der Waals surface area contributed by atoms with Crippen LogP contribution in [0.2, 0.25) is 0 Å². The highest BCUT2D eigenvalue weighted by Gasteiger charge is 2.50. The molecule has 2 aliphatic heterocycles. The molecule has 14 atom stereocenters. The van der Waals surface area contributed by atoms with E-state index in [9.17, 15) is 20.1 Å². The second-order valence-electron chi connectivity index (χ2n) is 10.4.